The molecule has 1 rings (SSSR count). The second-order valence-corrected chi connectivity index (χ2v) is 4.68. The summed E-state index contributed by atoms with van der Waals surface area (Å²) in [6, 6.07) is 0.395. The summed E-state index contributed by atoms with van der Waals surface area (Å²) < 4.78 is 0. The highest BCUT2D eigenvalue weighted by Gasteiger charge is 2.13. The lowest BCUT2D eigenvalue weighted by Gasteiger charge is -2.30. The van der Waals surface area contributed by atoms with Crippen molar-refractivity contribution in [1.29, 1.82) is 0 Å². The summed E-state index contributed by atoms with van der Waals surface area (Å²) in [6.07, 6.45) is 3.08. The van der Waals surface area contributed by atoms with E-state index >= 15 is 0 Å². The highest BCUT2D eigenvalue weighted by molar-refractivity contribution is 7.99. The largest absolute Gasteiger partial charge is 0.785 e. The third-order valence-corrected chi connectivity index (χ3v) is 3.34. The molecule has 1 aliphatic heterocycles. The fourth-order valence-electron chi connectivity index (χ4n) is 1.50. The number of rotatable bonds is 7. The van der Waals surface area contributed by atoms with Crippen molar-refractivity contribution >= 4 is 11.8 Å². The Labute approximate surface area is 90.2 Å². The van der Waals surface area contributed by atoms with E-state index in [4.69, 9.17) is 5.73 Å². The maximum absolute atomic E-state index is 11.4. The number of nitrogens with two attached hydrogens (primary N) is 1. The van der Waals surface area contributed by atoms with E-state index < -0.39 is 0 Å². The third-order valence-electron chi connectivity index (χ3n) is 2.33. The normalized spacial score (nSPS) is 22.1. The van der Waals surface area contributed by atoms with Crippen molar-refractivity contribution < 1.29 is 0 Å². The highest BCUT2D eigenvalue weighted by Crippen LogP contribution is 2.10. The Balaban J connectivity index is 1.95. The Kier molecular flexibility index (Phi) is 6.55. The van der Waals surface area contributed by atoms with Crippen LogP contribution in [0.4, 0.5) is 0 Å². The first-order valence-corrected chi connectivity index (χ1v) is 6.41. The smallest absolute Gasteiger partial charge is 0.0421 e. The predicted octanol–water partition coefficient (Wildman–Crippen LogP) is 0.578. The molecule has 0 spiro atoms. The average Bonchev–Trinajstić information content (AvgIpc) is 2.65. The fraction of sp³-hybridized carbons (Fsp3) is 1.00. The van der Waals surface area contributed by atoms with Crippen LogP contribution in [-0.4, -0.2) is 42.4 Å². The van der Waals surface area contributed by atoms with Crippen molar-refractivity contribution in [3.8, 4) is 0 Å². The molecule has 0 amide bonds. The number of hydroxylamine groups is 2. The zero-order chi connectivity index (χ0) is 10.2. The first kappa shape index (κ1) is 12.3. The molecule has 4 nitrogen and oxygen atoms in total. The van der Waals surface area contributed by atoms with Crippen LogP contribution in [0.1, 0.15) is 19.3 Å². The first-order chi connectivity index (χ1) is 6.83. The van der Waals surface area contributed by atoms with Gasteiger partial charge >= 0.3 is 0 Å². The summed E-state index contributed by atoms with van der Waals surface area (Å²) in [6.45, 7) is 2.03. The monoisotopic (exact) mass is 218 g/mol. The molecule has 3 N–H and O–H groups in total. The maximum Gasteiger partial charge on any atom is 0.0421 e. The predicted molar refractivity (Wildman–Crippen MR) is 62.1 cm³/mol. The Bertz CT molecular complexity index is 142. The van der Waals surface area contributed by atoms with Crippen LogP contribution in [0.2, 0.25) is 0 Å². The van der Waals surface area contributed by atoms with Gasteiger partial charge in [0.1, 0.15) is 0 Å². The zero-order valence-electron chi connectivity index (χ0n) is 8.58. The van der Waals surface area contributed by atoms with Gasteiger partial charge in [0.15, 0.2) is 0 Å². The Morgan fingerprint density at radius 3 is 2.93 bits per heavy atom. The molecule has 5 heteroatoms. The number of thioether (sulfide) groups is 1. The second-order valence-electron chi connectivity index (χ2n) is 3.65. The van der Waals surface area contributed by atoms with Crippen LogP contribution in [0, 0.1) is 5.21 Å². The van der Waals surface area contributed by atoms with Gasteiger partial charge in [-0.1, -0.05) is 6.42 Å². The van der Waals surface area contributed by atoms with Crippen LogP contribution in [0.25, 0.3) is 0 Å². The van der Waals surface area contributed by atoms with Crippen LogP contribution in [0.3, 0.4) is 0 Å². The number of hydrogen-bond donors (Lipinski definition) is 2. The van der Waals surface area contributed by atoms with Gasteiger partial charge in [0.05, 0.1) is 0 Å². The van der Waals surface area contributed by atoms with E-state index in [0.29, 0.717) is 19.1 Å². The minimum absolute atomic E-state index is 0.395. The third kappa shape index (κ3) is 5.17. The van der Waals surface area contributed by atoms with Crippen molar-refractivity contribution in [2.24, 2.45) is 5.73 Å². The van der Waals surface area contributed by atoms with Crippen molar-refractivity contribution in [3.63, 3.8) is 0 Å². The van der Waals surface area contributed by atoms with Crippen LogP contribution in [0.15, 0.2) is 0 Å². The van der Waals surface area contributed by atoms with E-state index in [1.807, 2.05) is 11.8 Å². The summed E-state index contributed by atoms with van der Waals surface area (Å²) in [5, 5.41) is 15.9. The summed E-state index contributed by atoms with van der Waals surface area (Å²) in [5.74, 6) is 2.06. The van der Waals surface area contributed by atoms with E-state index in [9.17, 15) is 5.21 Å². The maximum atomic E-state index is 11.4. The van der Waals surface area contributed by atoms with Crippen molar-refractivity contribution in [2.75, 3.05) is 31.3 Å². The lowest BCUT2D eigenvalue weighted by Crippen LogP contribution is -2.36. The molecule has 84 valence electrons. The van der Waals surface area contributed by atoms with Crippen LogP contribution < -0.4 is 11.1 Å². The standard InChI is InChI=1S/C9H20N3OS/c10-4-2-1-3-5-12(13)6-9-7-14-8-11-9/h9,11H,1-8,10H2/q-1. The van der Waals surface area contributed by atoms with Gasteiger partial charge in [-0.2, -0.15) is 0 Å². The molecule has 1 unspecified atom stereocenters. The molecule has 14 heavy (non-hydrogen) atoms. The molecule has 0 aromatic heterocycles. The SMILES string of the molecule is NCCCCCN([O-])CC1CSCN1. The van der Waals surface area contributed by atoms with Gasteiger partial charge in [-0.25, -0.2) is 0 Å². The van der Waals surface area contributed by atoms with Crippen molar-refractivity contribution in [2.45, 2.75) is 25.3 Å². The highest BCUT2D eigenvalue weighted by atomic mass is 32.2. The molecule has 1 heterocycles. The van der Waals surface area contributed by atoms with Crippen molar-refractivity contribution in [1.82, 2.24) is 10.4 Å². The molecule has 0 radical (unpaired) electrons. The summed E-state index contributed by atoms with van der Waals surface area (Å²) in [7, 11) is 0. The first-order valence-electron chi connectivity index (χ1n) is 5.26. The molecule has 0 aromatic carbocycles. The van der Waals surface area contributed by atoms with E-state index in [-0.39, 0.29) is 0 Å². The zero-order valence-corrected chi connectivity index (χ0v) is 9.39. The lowest BCUT2D eigenvalue weighted by atomic mass is 10.2. The van der Waals surface area contributed by atoms with E-state index in [0.717, 1.165) is 37.4 Å². The molecule has 0 saturated carbocycles. The molecule has 0 bridgehead atoms. The van der Waals surface area contributed by atoms with Gasteiger partial charge in [0, 0.05) is 24.2 Å². The molecule has 1 atom stereocenters. The second kappa shape index (κ2) is 7.48. The van der Waals surface area contributed by atoms with E-state index in [1.54, 1.807) is 0 Å². The molecule has 1 saturated heterocycles. The molecule has 1 aliphatic rings. The van der Waals surface area contributed by atoms with Crippen LogP contribution in [0.5, 0.6) is 0 Å². The molecule has 1 fully saturated rings. The molecular weight excluding hydrogens is 198 g/mol. The lowest BCUT2D eigenvalue weighted by molar-refractivity contribution is 0.334. The summed E-state index contributed by atoms with van der Waals surface area (Å²) in [5.41, 5.74) is 5.37. The topological polar surface area (TPSA) is 64.3 Å². The Morgan fingerprint density at radius 2 is 2.29 bits per heavy atom. The van der Waals surface area contributed by atoms with Gasteiger partial charge in [-0.3, -0.25) is 0 Å². The molecule has 0 aromatic rings. The number of hydrogen-bond acceptors (Lipinski definition) is 5. The van der Waals surface area contributed by atoms with Crippen molar-refractivity contribution in [3.05, 3.63) is 5.21 Å². The van der Waals surface area contributed by atoms with Gasteiger partial charge < -0.3 is 21.3 Å². The fourth-order valence-corrected chi connectivity index (χ4v) is 2.48. The van der Waals surface area contributed by atoms with Gasteiger partial charge in [0.25, 0.3) is 0 Å². The number of nitrogens with one attached hydrogen (secondary N) is 1. The quantitative estimate of drug-likeness (QED) is 0.483. The number of unbranched alkanes of at least 4 members (excludes halogenated alkanes) is 2. The Morgan fingerprint density at radius 1 is 1.43 bits per heavy atom. The van der Waals surface area contributed by atoms with Gasteiger partial charge in [-0.05, 0) is 25.9 Å². The summed E-state index contributed by atoms with van der Waals surface area (Å²) >= 11 is 1.86. The minimum Gasteiger partial charge on any atom is -0.785 e. The summed E-state index contributed by atoms with van der Waals surface area (Å²) in [4.78, 5) is 0. The number of nitrogens with zero attached hydrogens (tertiary/aromatic N) is 1. The Hall–Kier alpha value is 0.190. The molecular formula is C9H20N3OS-. The van der Waals surface area contributed by atoms with Gasteiger partial charge in [0.2, 0.25) is 0 Å². The molecule has 0 aliphatic carbocycles. The van der Waals surface area contributed by atoms with E-state index in [1.165, 1.54) is 5.06 Å². The van der Waals surface area contributed by atoms with Gasteiger partial charge in [-0.15, -0.1) is 11.8 Å². The minimum atomic E-state index is 0.395. The van der Waals surface area contributed by atoms with Crippen LogP contribution in [-0.2, 0) is 0 Å². The average molecular weight is 218 g/mol. The van der Waals surface area contributed by atoms with E-state index in [2.05, 4.69) is 5.32 Å². The van der Waals surface area contributed by atoms with Crippen LogP contribution >= 0.6 is 11.8 Å².